The minimum Gasteiger partial charge on any atom is -0.476 e. The summed E-state index contributed by atoms with van der Waals surface area (Å²) in [5, 5.41) is 3.87. The summed E-state index contributed by atoms with van der Waals surface area (Å²) in [6.45, 7) is 6.09. The highest BCUT2D eigenvalue weighted by Crippen LogP contribution is 2.31. The maximum absolute atomic E-state index is 12.5. The molecule has 0 radical (unpaired) electrons. The number of amides is 1. The zero-order valence-corrected chi connectivity index (χ0v) is 14.5. The molecule has 1 saturated heterocycles. The number of carbonyl (C=O) groups excluding carboxylic acids is 1. The summed E-state index contributed by atoms with van der Waals surface area (Å²) in [4.78, 5) is 12.5. The van der Waals surface area contributed by atoms with E-state index in [4.69, 9.17) is 32.7 Å². The highest BCUT2D eigenvalue weighted by Gasteiger charge is 2.33. The molecule has 0 saturated carbocycles. The van der Waals surface area contributed by atoms with Crippen LogP contribution in [-0.2, 0) is 9.53 Å². The first-order valence-corrected chi connectivity index (χ1v) is 8.12. The molecule has 1 aromatic rings. The van der Waals surface area contributed by atoms with Crippen LogP contribution in [-0.4, -0.2) is 30.3 Å². The van der Waals surface area contributed by atoms with Gasteiger partial charge in [-0.2, -0.15) is 0 Å². The highest BCUT2D eigenvalue weighted by molar-refractivity contribution is 6.34. The van der Waals surface area contributed by atoms with E-state index >= 15 is 0 Å². The molecule has 4 nitrogen and oxygen atoms in total. The van der Waals surface area contributed by atoms with Crippen molar-refractivity contribution >= 4 is 29.1 Å². The molecule has 1 heterocycles. The van der Waals surface area contributed by atoms with E-state index in [9.17, 15) is 4.79 Å². The van der Waals surface area contributed by atoms with Gasteiger partial charge in [-0.1, -0.05) is 23.2 Å². The lowest BCUT2D eigenvalue weighted by Gasteiger charge is -2.29. The van der Waals surface area contributed by atoms with Crippen molar-refractivity contribution in [1.82, 2.24) is 5.32 Å². The van der Waals surface area contributed by atoms with Gasteiger partial charge in [0, 0.05) is 17.7 Å². The summed E-state index contributed by atoms with van der Waals surface area (Å²) < 4.78 is 11.4. The molecule has 0 aromatic heterocycles. The second kappa shape index (κ2) is 7.07. The second-order valence-corrected chi connectivity index (χ2v) is 6.84. The summed E-state index contributed by atoms with van der Waals surface area (Å²) in [5.41, 5.74) is -1.07. The number of nitrogens with one attached hydrogen (secondary N) is 1. The molecule has 1 aromatic carbocycles. The Kier molecular flexibility index (Phi) is 5.59. The lowest BCUT2D eigenvalue weighted by molar-refractivity contribution is -0.135. The Morgan fingerprint density at radius 1 is 1.45 bits per heavy atom. The maximum atomic E-state index is 12.5. The fraction of sp³-hybridized carbons (Fsp3) is 0.562. The van der Waals surface area contributed by atoms with Gasteiger partial charge in [-0.25, -0.2) is 0 Å². The van der Waals surface area contributed by atoms with Crippen molar-refractivity contribution in [3.05, 3.63) is 28.2 Å². The van der Waals surface area contributed by atoms with Gasteiger partial charge in [-0.3, -0.25) is 4.79 Å². The number of hydrogen-bond acceptors (Lipinski definition) is 3. The van der Waals surface area contributed by atoms with Crippen molar-refractivity contribution in [1.29, 1.82) is 0 Å². The third kappa shape index (κ3) is 4.28. The van der Waals surface area contributed by atoms with Crippen LogP contribution in [0.4, 0.5) is 0 Å². The normalized spacial score (nSPS) is 19.8. The predicted octanol–water partition coefficient (Wildman–Crippen LogP) is 3.83. The molecule has 1 fully saturated rings. The zero-order chi connectivity index (χ0) is 16.3. The lowest BCUT2D eigenvalue weighted by atomic mass is 10.1. The van der Waals surface area contributed by atoms with Gasteiger partial charge in [0.1, 0.15) is 5.75 Å². The van der Waals surface area contributed by atoms with E-state index in [0.29, 0.717) is 15.8 Å². The molecule has 122 valence electrons. The first kappa shape index (κ1) is 17.4. The van der Waals surface area contributed by atoms with Crippen LogP contribution in [0.3, 0.4) is 0 Å². The Labute approximate surface area is 141 Å². The van der Waals surface area contributed by atoms with Crippen LogP contribution in [0.5, 0.6) is 5.75 Å². The quantitative estimate of drug-likeness (QED) is 0.881. The Hall–Kier alpha value is -0.970. The standard InChI is InChI=1S/C16H21Cl2NO3/c1-10(13-5-4-8-21-13)19-15(20)16(2,3)22-14-9-11(17)6-7-12(14)18/h6-7,9-10,13H,4-5,8H2,1-3H3,(H,19,20). The Morgan fingerprint density at radius 2 is 2.18 bits per heavy atom. The molecule has 6 heteroatoms. The topological polar surface area (TPSA) is 47.6 Å². The number of benzene rings is 1. The zero-order valence-electron chi connectivity index (χ0n) is 13.0. The van der Waals surface area contributed by atoms with Gasteiger partial charge in [0.05, 0.1) is 17.2 Å². The van der Waals surface area contributed by atoms with Crippen LogP contribution in [0.1, 0.15) is 33.6 Å². The van der Waals surface area contributed by atoms with Crippen molar-refractivity contribution in [2.45, 2.75) is 51.4 Å². The van der Waals surface area contributed by atoms with Crippen LogP contribution in [0, 0.1) is 0 Å². The molecule has 1 aliphatic heterocycles. The molecule has 1 amide bonds. The summed E-state index contributed by atoms with van der Waals surface area (Å²) in [7, 11) is 0. The van der Waals surface area contributed by atoms with E-state index in [1.165, 1.54) is 0 Å². The van der Waals surface area contributed by atoms with Crippen LogP contribution >= 0.6 is 23.2 Å². The average Bonchev–Trinajstić information content (AvgIpc) is 2.96. The van der Waals surface area contributed by atoms with E-state index in [2.05, 4.69) is 5.32 Å². The molecule has 0 bridgehead atoms. The summed E-state index contributed by atoms with van der Waals surface area (Å²) >= 11 is 12.0. The third-order valence-corrected chi connectivity index (χ3v) is 4.23. The minimum absolute atomic E-state index is 0.0623. The fourth-order valence-electron chi connectivity index (χ4n) is 2.35. The van der Waals surface area contributed by atoms with Crippen molar-refractivity contribution < 1.29 is 14.3 Å². The van der Waals surface area contributed by atoms with Crippen LogP contribution in [0.25, 0.3) is 0 Å². The molecular weight excluding hydrogens is 325 g/mol. The smallest absolute Gasteiger partial charge is 0.263 e. The van der Waals surface area contributed by atoms with Gasteiger partial charge in [0.2, 0.25) is 0 Å². The molecule has 2 rings (SSSR count). The van der Waals surface area contributed by atoms with Gasteiger partial charge < -0.3 is 14.8 Å². The van der Waals surface area contributed by atoms with E-state index in [-0.39, 0.29) is 18.1 Å². The number of ether oxygens (including phenoxy) is 2. The number of carbonyl (C=O) groups is 1. The van der Waals surface area contributed by atoms with E-state index in [0.717, 1.165) is 19.4 Å². The third-order valence-electron chi connectivity index (χ3n) is 3.69. The monoisotopic (exact) mass is 345 g/mol. The summed E-state index contributed by atoms with van der Waals surface area (Å²) in [5.74, 6) is 0.172. The number of hydrogen-bond donors (Lipinski definition) is 1. The molecular formula is C16H21Cl2NO3. The van der Waals surface area contributed by atoms with Crippen molar-refractivity contribution in [3.8, 4) is 5.75 Å². The number of halogens is 2. The molecule has 2 atom stereocenters. The van der Waals surface area contributed by atoms with Gasteiger partial charge in [0.15, 0.2) is 5.60 Å². The van der Waals surface area contributed by atoms with Crippen LogP contribution < -0.4 is 10.1 Å². The Bertz CT molecular complexity index is 542. The van der Waals surface area contributed by atoms with Crippen LogP contribution in [0.15, 0.2) is 18.2 Å². The second-order valence-electron chi connectivity index (χ2n) is 6.00. The molecule has 1 N–H and O–H groups in total. The minimum atomic E-state index is -1.07. The average molecular weight is 346 g/mol. The Balaban J connectivity index is 2.02. The fourth-order valence-corrected chi connectivity index (χ4v) is 2.67. The maximum Gasteiger partial charge on any atom is 0.263 e. The van der Waals surface area contributed by atoms with E-state index < -0.39 is 5.60 Å². The molecule has 2 unspecified atom stereocenters. The van der Waals surface area contributed by atoms with Gasteiger partial charge >= 0.3 is 0 Å². The van der Waals surface area contributed by atoms with Crippen LogP contribution in [0.2, 0.25) is 10.0 Å². The lowest BCUT2D eigenvalue weighted by Crippen LogP contribution is -2.52. The van der Waals surface area contributed by atoms with Crippen molar-refractivity contribution in [3.63, 3.8) is 0 Å². The van der Waals surface area contributed by atoms with E-state index in [1.54, 1.807) is 32.0 Å². The van der Waals surface area contributed by atoms with Crippen molar-refractivity contribution in [2.24, 2.45) is 0 Å². The molecule has 0 aliphatic carbocycles. The van der Waals surface area contributed by atoms with Gasteiger partial charge in [-0.05, 0) is 45.7 Å². The molecule has 0 spiro atoms. The summed E-state index contributed by atoms with van der Waals surface area (Å²) in [6, 6.07) is 4.85. The SMILES string of the molecule is CC(NC(=O)C(C)(C)Oc1cc(Cl)ccc1Cl)C1CCCO1. The number of rotatable bonds is 5. The predicted molar refractivity (Wildman–Crippen MR) is 87.7 cm³/mol. The van der Waals surface area contributed by atoms with Crippen molar-refractivity contribution in [2.75, 3.05) is 6.61 Å². The Morgan fingerprint density at radius 3 is 2.82 bits per heavy atom. The largest absolute Gasteiger partial charge is 0.476 e. The van der Waals surface area contributed by atoms with E-state index in [1.807, 2.05) is 6.92 Å². The molecule has 22 heavy (non-hydrogen) atoms. The van der Waals surface area contributed by atoms with Gasteiger partial charge in [-0.15, -0.1) is 0 Å². The van der Waals surface area contributed by atoms with Gasteiger partial charge in [0.25, 0.3) is 5.91 Å². The first-order valence-electron chi connectivity index (χ1n) is 7.36. The summed E-state index contributed by atoms with van der Waals surface area (Å²) in [6.07, 6.45) is 2.06. The first-order chi connectivity index (χ1) is 10.3. The molecule has 1 aliphatic rings. The highest BCUT2D eigenvalue weighted by atomic mass is 35.5.